The average molecular weight is 211 g/mol. The third-order valence-electron chi connectivity index (χ3n) is 2.18. The molecule has 0 spiro atoms. The fourth-order valence-electron chi connectivity index (χ4n) is 1.41. The summed E-state index contributed by atoms with van der Waals surface area (Å²) in [5.74, 6) is 0. The lowest BCUT2D eigenvalue weighted by Gasteiger charge is -2.24. The molecule has 0 bridgehead atoms. The van der Waals surface area contributed by atoms with Crippen LogP contribution in [-0.2, 0) is 4.74 Å². The predicted molar refractivity (Wildman–Crippen MR) is 55.0 cm³/mol. The number of carbonyl (C=O) groups is 1. The third-order valence-corrected chi connectivity index (χ3v) is 2.18. The topological polar surface area (TPSA) is 79.3 Å². The predicted octanol–water partition coefficient (Wildman–Crippen LogP) is 0.848. The molecule has 1 aliphatic heterocycles. The molecule has 2 N–H and O–H groups in total. The third kappa shape index (κ3) is 3.10. The molecule has 5 nitrogen and oxygen atoms in total. The van der Waals surface area contributed by atoms with E-state index in [-0.39, 0.29) is 6.54 Å². The molecule has 1 rings (SSSR count). The van der Waals surface area contributed by atoms with Crippen LogP contribution >= 0.6 is 0 Å². The zero-order valence-electron chi connectivity index (χ0n) is 9.41. The number of nitrogens with two attached hydrogens (primary N) is 1. The van der Waals surface area contributed by atoms with Crippen molar-refractivity contribution < 1.29 is 9.53 Å². The van der Waals surface area contributed by atoms with Gasteiger partial charge >= 0.3 is 6.09 Å². The molecule has 1 fully saturated rings. The summed E-state index contributed by atoms with van der Waals surface area (Å²) in [5.41, 5.74) is 4.32. The van der Waals surface area contributed by atoms with Crippen LogP contribution in [0.25, 0.3) is 0 Å². The molecule has 1 atom stereocenters. The Balaban J connectivity index is 2.56. The maximum Gasteiger partial charge on any atom is 0.410 e. The fourth-order valence-corrected chi connectivity index (χ4v) is 1.41. The molecular weight excluding hydrogens is 194 g/mol. The lowest BCUT2D eigenvalue weighted by molar-refractivity contribution is 0.0289. The Morgan fingerprint density at radius 2 is 2.20 bits per heavy atom. The smallest absolute Gasteiger partial charge is 0.410 e. The number of likely N-dealkylation sites (tertiary alicyclic amines) is 1. The first-order valence-electron chi connectivity index (χ1n) is 4.94. The molecule has 0 radical (unpaired) electrons. The van der Waals surface area contributed by atoms with Crippen LogP contribution in [0, 0.1) is 11.3 Å². The summed E-state index contributed by atoms with van der Waals surface area (Å²) < 4.78 is 5.18. The highest BCUT2D eigenvalue weighted by Crippen LogP contribution is 2.20. The molecule has 1 heterocycles. The zero-order chi connectivity index (χ0) is 11.7. The van der Waals surface area contributed by atoms with Crippen molar-refractivity contribution in [2.24, 2.45) is 5.73 Å². The van der Waals surface area contributed by atoms with Crippen molar-refractivity contribution in [3.63, 3.8) is 0 Å². The van der Waals surface area contributed by atoms with Crippen molar-refractivity contribution in [3.8, 4) is 6.07 Å². The minimum atomic E-state index is -0.906. The van der Waals surface area contributed by atoms with Crippen LogP contribution in [0.5, 0.6) is 0 Å². The van der Waals surface area contributed by atoms with Crippen molar-refractivity contribution >= 4 is 6.09 Å². The van der Waals surface area contributed by atoms with E-state index in [2.05, 4.69) is 0 Å². The molecule has 15 heavy (non-hydrogen) atoms. The second kappa shape index (κ2) is 3.70. The number of nitrogens with zero attached hydrogens (tertiary/aromatic N) is 2. The van der Waals surface area contributed by atoms with Crippen LogP contribution < -0.4 is 5.73 Å². The fraction of sp³-hybridized carbons (Fsp3) is 0.800. The second-order valence-electron chi connectivity index (χ2n) is 4.92. The molecule has 1 unspecified atom stereocenters. The van der Waals surface area contributed by atoms with Gasteiger partial charge in [-0.2, -0.15) is 5.26 Å². The maximum absolute atomic E-state index is 11.6. The Labute approximate surface area is 89.8 Å². The van der Waals surface area contributed by atoms with Crippen molar-refractivity contribution in [2.75, 3.05) is 13.1 Å². The first-order valence-corrected chi connectivity index (χ1v) is 4.94. The molecule has 0 aliphatic carbocycles. The van der Waals surface area contributed by atoms with E-state index in [1.807, 2.05) is 6.07 Å². The molecule has 0 aromatic heterocycles. The lowest BCUT2D eigenvalue weighted by atomic mass is 10.0. The maximum atomic E-state index is 11.6. The van der Waals surface area contributed by atoms with Gasteiger partial charge in [0.1, 0.15) is 11.1 Å². The monoisotopic (exact) mass is 211 g/mol. The number of nitriles is 1. The highest BCUT2D eigenvalue weighted by atomic mass is 16.6. The first-order chi connectivity index (χ1) is 6.76. The Bertz CT molecular complexity index is 303. The molecule has 0 aromatic carbocycles. The number of amides is 1. The van der Waals surface area contributed by atoms with Gasteiger partial charge in [-0.1, -0.05) is 0 Å². The number of rotatable bonds is 0. The number of carbonyl (C=O) groups excluding carboxylic acids is 1. The van der Waals surface area contributed by atoms with Gasteiger partial charge in [0.15, 0.2) is 0 Å². The van der Waals surface area contributed by atoms with E-state index in [9.17, 15) is 4.79 Å². The molecule has 1 saturated heterocycles. The Hall–Kier alpha value is -1.28. The molecule has 1 amide bonds. The van der Waals surface area contributed by atoms with Gasteiger partial charge in [0.25, 0.3) is 0 Å². The van der Waals surface area contributed by atoms with Crippen molar-refractivity contribution in [2.45, 2.75) is 38.3 Å². The van der Waals surface area contributed by atoms with Gasteiger partial charge in [-0.15, -0.1) is 0 Å². The lowest BCUT2D eigenvalue weighted by Crippen LogP contribution is -2.43. The molecule has 0 aromatic rings. The summed E-state index contributed by atoms with van der Waals surface area (Å²) in [6.07, 6.45) is 0.105. The normalized spacial score (nSPS) is 26.2. The van der Waals surface area contributed by atoms with E-state index < -0.39 is 17.2 Å². The van der Waals surface area contributed by atoms with Gasteiger partial charge in [-0.05, 0) is 27.2 Å². The van der Waals surface area contributed by atoms with E-state index in [1.165, 1.54) is 4.90 Å². The van der Waals surface area contributed by atoms with Crippen LogP contribution in [0.1, 0.15) is 27.2 Å². The van der Waals surface area contributed by atoms with Crippen molar-refractivity contribution in [1.82, 2.24) is 4.90 Å². The first kappa shape index (κ1) is 11.8. The highest BCUT2D eigenvalue weighted by Gasteiger charge is 2.38. The van der Waals surface area contributed by atoms with E-state index >= 15 is 0 Å². The standard InChI is InChI=1S/C10H17N3O2/c1-9(2,3)15-8(14)13-5-4-10(12,6-11)7-13/h4-5,7,12H2,1-3H3. The van der Waals surface area contributed by atoms with Crippen LogP contribution in [0.3, 0.4) is 0 Å². The van der Waals surface area contributed by atoms with E-state index in [4.69, 9.17) is 15.7 Å². The molecule has 5 heteroatoms. The summed E-state index contributed by atoms with van der Waals surface area (Å²) >= 11 is 0. The Morgan fingerprint density at radius 1 is 1.60 bits per heavy atom. The van der Waals surface area contributed by atoms with Gasteiger partial charge < -0.3 is 15.4 Å². The van der Waals surface area contributed by atoms with Crippen LogP contribution in [-0.4, -0.2) is 35.2 Å². The summed E-state index contributed by atoms with van der Waals surface area (Å²) in [4.78, 5) is 13.1. The molecule has 84 valence electrons. The highest BCUT2D eigenvalue weighted by molar-refractivity contribution is 5.69. The summed E-state index contributed by atoms with van der Waals surface area (Å²) in [6.45, 7) is 6.15. The number of ether oxygens (including phenoxy) is 1. The minimum Gasteiger partial charge on any atom is -0.444 e. The van der Waals surface area contributed by atoms with E-state index in [1.54, 1.807) is 20.8 Å². The summed E-state index contributed by atoms with van der Waals surface area (Å²) in [5, 5.41) is 8.80. The van der Waals surface area contributed by atoms with Crippen molar-refractivity contribution in [3.05, 3.63) is 0 Å². The summed E-state index contributed by atoms with van der Waals surface area (Å²) in [7, 11) is 0. The molecular formula is C10H17N3O2. The van der Waals surface area contributed by atoms with E-state index in [0.717, 1.165) is 0 Å². The number of hydrogen-bond acceptors (Lipinski definition) is 4. The van der Waals surface area contributed by atoms with Crippen LogP contribution in [0.15, 0.2) is 0 Å². The quantitative estimate of drug-likeness (QED) is 0.644. The van der Waals surface area contributed by atoms with E-state index in [0.29, 0.717) is 13.0 Å². The molecule has 1 aliphatic rings. The number of hydrogen-bond donors (Lipinski definition) is 1. The van der Waals surface area contributed by atoms with Crippen LogP contribution in [0.4, 0.5) is 4.79 Å². The van der Waals surface area contributed by atoms with Gasteiger partial charge in [0, 0.05) is 6.54 Å². The van der Waals surface area contributed by atoms with Gasteiger partial charge in [-0.25, -0.2) is 4.79 Å². The van der Waals surface area contributed by atoms with Gasteiger partial charge in [0.2, 0.25) is 0 Å². The second-order valence-corrected chi connectivity index (χ2v) is 4.92. The Morgan fingerprint density at radius 3 is 2.60 bits per heavy atom. The minimum absolute atomic E-state index is 0.248. The average Bonchev–Trinajstić information content (AvgIpc) is 2.46. The Kier molecular flexibility index (Phi) is 2.91. The van der Waals surface area contributed by atoms with Gasteiger partial charge in [0.05, 0.1) is 12.6 Å². The van der Waals surface area contributed by atoms with Gasteiger partial charge in [-0.3, -0.25) is 0 Å². The SMILES string of the molecule is CC(C)(C)OC(=O)N1CCC(N)(C#N)C1. The van der Waals surface area contributed by atoms with Crippen molar-refractivity contribution in [1.29, 1.82) is 5.26 Å². The largest absolute Gasteiger partial charge is 0.444 e. The summed E-state index contributed by atoms with van der Waals surface area (Å²) in [6, 6.07) is 2.02. The van der Waals surface area contributed by atoms with Crippen LogP contribution in [0.2, 0.25) is 0 Å². The zero-order valence-corrected chi connectivity index (χ0v) is 9.41. The molecule has 0 saturated carbocycles.